The number of nitrogens with one attached hydrogen (secondary N) is 1. The Morgan fingerprint density at radius 1 is 1.50 bits per heavy atom. The highest BCUT2D eigenvalue weighted by atomic mass is 35.5. The van der Waals surface area contributed by atoms with E-state index in [0.29, 0.717) is 6.42 Å². The van der Waals surface area contributed by atoms with E-state index < -0.39 is 11.9 Å². The molecule has 1 fully saturated rings. The number of carbonyl (C=O) groups excluding carboxylic acids is 2. The molecule has 0 saturated carbocycles. The quantitative estimate of drug-likeness (QED) is 0.870. The lowest BCUT2D eigenvalue weighted by molar-refractivity contribution is -0.140. The number of carbonyl (C=O) groups is 2. The predicted molar refractivity (Wildman–Crippen MR) is 75.0 cm³/mol. The summed E-state index contributed by atoms with van der Waals surface area (Å²) in [5.74, 6) is -1.11. The van der Waals surface area contributed by atoms with Crippen LogP contribution in [0.3, 0.4) is 0 Å². The molecule has 6 heteroatoms. The Balaban J connectivity index is 2.20. The monoisotopic (exact) mass is 298 g/mol. The standard InChI is InChI=1S/C14H16ClFN2O2/c1-3-8(2)18-12(19)7-11(14(18)20)17-13-9(15)5-4-6-10(13)16/h4-6,8,11,17H,3,7H2,1-2H3. The Bertz CT molecular complexity index is 530. The lowest BCUT2D eigenvalue weighted by atomic mass is 10.2. The molecule has 20 heavy (non-hydrogen) atoms. The van der Waals surface area contributed by atoms with E-state index in [1.807, 2.05) is 13.8 Å². The van der Waals surface area contributed by atoms with Gasteiger partial charge >= 0.3 is 0 Å². The smallest absolute Gasteiger partial charge is 0.252 e. The van der Waals surface area contributed by atoms with E-state index in [2.05, 4.69) is 5.32 Å². The van der Waals surface area contributed by atoms with Crippen LogP contribution in [0.1, 0.15) is 26.7 Å². The van der Waals surface area contributed by atoms with Crippen molar-refractivity contribution in [2.24, 2.45) is 0 Å². The topological polar surface area (TPSA) is 49.4 Å². The van der Waals surface area contributed by atoms with Gasteiger partial charge in [0.15, 0.2) is 0 Å². The zero-order valence-corrected chi connectivity index (χ0v) is 12.1. The third kappa shape index (κ3) is 2.63. The van der Waals surface area contributed by atoms with Gasteiger partial charge in [0.25, 0.3) is 5.91 Å². The van der Waals surface area contributed by atoms with E-state index in [9.17, 15) is 14.0 Å². The summed E-state index contributed by atoms with van der Waals surface area (Å²) >= 11 is 5.91. The minimum absolute atomic E-state index is 0.0217. The summed E-state index contributed by atoms with van der Waals surface area (Å²) < 4.78 is 13.7. The first-order chi connectivity index (χ1) is 9.45. The highest BCUT2D eigenvalue weighted by molar-refractivity contribution is 6.33. The van der Waals surface area contributed by atoms with Crippen molar-refractivity contribution in [3.05, 3.63) is 29.0 Å². The van der Waals surface area contributed by atoms with Crippen LogP contribution in [0, 0.1) is 5.82 Å². The summed E-state index contributed by atoms with van der Waals surface area (Å²) in [5, 5.41) is 2.93. The fourth-order valence-electron chi connectivity index (χ4n) is 2.22. The van der Waals surface area contributed by atoms with Gasteiger partial charge < -0.3 is 5.32 Å². The van der Waals surface area contributed by atoms with Crippen molar-refractivity contribution >= 4 is 29.1 Å². The molecular formula is C14H16ClFN2O2. The maximum Gasteiger partial charge on any atom is 0.252 e. The maximum atomic E-state index is 13.7. The minimum atomic E-state index is -0.758. The maximum absolute atomic E-state index is 13.7. The van der Waals surface area contributed by atoms with E-state index >= 15 is 0 Å². The van der Waals surface area contributed by atoms with Crippen LogP contribution in [0.25, 0.3) is 0 Å². The highest BCUT2D eigenvalue weighted by Crippen LogP contribution is 2.28. The number of rotatable bonds is 4. The Labute approximate surface area is 121 Å². The van der Waals surface area contributed by atoms with E-state index in [-0.39, 0.29) is 35.0 Å². The molecule has 4 nitrogen and oxygen atoms in total. The number of anilines is 1. The van der Waals surface area contributed by atoms with Gasteiger partial charge in [-0.25, -0.2) is 4.39 Å². The van der Waals surface area contributed by atoms with E-state index in [1.54, 1.807) is 0 Å². The van der Waals surface area contributed by atoms with Crippen LogP contribution in [0.15, 0.2) is 18.2 Å². The van der Waals surface area contributed by atoms with Gasteiger partial charge in [0.2, 0.25) is 5.91 Å². The summed E-state index contributed by atoms with van der Waals surface area (Å²) in [4.78, 5) is 25.4. The molecule has 0 aliphatic carbocycles. The van der Waals surface area contributed by atoms with Gasteiger partial charge in [0.1, 0.15) is 11.9 Å². The largest absolute Gasteiger partial charge is 0.370 e. The van der Waals surface area contributed by atoms with Crippen molar-refractivity contribution in [2.75, 3.05) is 5.32 Å². The van der Waals surface area contributed by atoms with Crippen LogP contribution in [-0.4, -0.2) is 28.8 Å². The third-order valence-corrected chi connectivity index (χ3v) is 3.81. The summed E-state index contributed by atoms with van der Waals surface area (Å²) in [5.41, 5.74) is 0.0614. The van der Waals surface area contributed by atoms with Gasteiger partial charge in [0, 0.05) is 6.04 Å². The molecule has 108 valence electrons. The molecular weight excluding hydrogens is 283 g/mol. The van der Waals surface area contributed by atoms with Crippen LogP contribution in [-0.2, 0) is 9.59 Å². The van der Waals surface area contributed by atoms with Crippen molar-refractivity contribution in [1.82, 2.24) is 4.90 Å². The second-order valence-corrected chi connectivity index (χ2v) is 5.26. The van der Waals surface area contributed by atoms with Crippen LogP contribution < -0.4 is 5.32 Å². The van der Waals surface area contributed by atoms with Crippen molar-refractivity contribution < 1.29 is 14.0 Å². The highest BCUT2D eigenvalue weighted by Gasteiger charge is 2.41. The van der Waals surface area contributed by atoms with Gasteiger partial charge in [-0.2, -0.15) is 0 Å². The average molecular weight is 299 g/mol. The van der Waals surface area contributed by atoms with E-state index in [0.717, 1.165) is 0 Å². The van der Waals surface area contributed by atoms with Gasteiger partial charge in [-0.1, -0.05) is 24.6 Å². The molecule has 2 unspecified atom stereocenters. The Hall–Kier alpha value is -1.62. The number of benzene rings is 1. The molecule has 1 aliphatic rings. The Kier molecular flexibility index (Phi) is 4.28. The summed E-state index contributed by atoms with van der Waals surface area (Å²) in [7, 11) is 0. The zero-order chi connectivity index (χ0) is 14.9. The van der Waals surface area contributed by atoms with Crippen molar-refractivity contribution in [2.45, 2.75) is 38.8 Å². The number of nitrogens with zero attached hydrogens (tertiary/aromatic N) is 1. The van der Waals surface area contributed by atoms with Gasteiger partial charge in [-0.15, -0.1) is 0 Å². The fraction of sp³-hybridized carbons (Fsp3) is 0.429. The van der Waals surface area contributed by atoms with Crippen LogP contribution in [0.5, 0.6) is 0 Å². The fourth-order valence-corrected chi connectivity index (χ4v) is 2.44. The van der Waals surface area contributed by atoms with Gasteiger partial charge in [-0.05, 0) is 25.5 Å². The summed E-state index contributed by atoms with van der Waals surface area (Å²) in [6.07, 6.45) is 0.707. The molecule has 2 atom stereocenters. The first kappa shape index (κ1) is 14.8. The molecule has 0 bridgehead atoms. The second kappa shape index (κ2) is 5.79. The summed E-state index contributed by atoms with van der Waals surface area (Å²) in [6, 6.07) is 3.35. The molecule has 1 saturated heterocycles. The number of para-hydroxylation sites is 1. The first-order valence-electron chi connectivity index (χ1n) is 6.52. The molecule has 1 N–H and O–H groups in total. The molecule has 1 aliphatic heterocycles. The van der Waals surface area contributed by atoms with Crippen molar-refractivity contribution in [3.8, 4) is 0 Å². The molecule has 1 aromatic carbocycles. The average Bonchev–Trinajstić information content (AvgIpc) is 2.68. The molecule has 2 rings (SSSR count). The van der Waals surface area contributed by atoms with Crippen LogP contribution >= 0.6 is 11.6 Å². The van der Waals surface area contributed by atoms with Gasteiger partial charge in [0.05, 0.1) is 17.1 Å². The lowest BCUT2D eigenvalue weighted by Gasteiger charge is -2.22. The molecule has 0 aromatic heterocycles. The molecule has 0 spiro atoms. The molecule has 1 heterocycles. The molecule has 1 aromatic rings. The Morgan fingerprint density at radius 3 is 2.80 bits per heavy atom. The zero-order valence-electron chi connectivity index (χ0n) is 11.3. The van der Waals surface area contributed by atoms with E-state index in [4.69, 9.17) is 11.6 Å². The normalized spacial score (nSPS) is 20.4. The van der Waals surface area contributed by atoms with E-state index in [1.165, 1.54) is 23.1 Å². The number of hydrogen-bond donors (Lipinski definition) is 1. The van der Waals surface area contributed by atoms with Crippen molar-refractivity contribution in [1.29, 1.82) is 0 Å². The van der Waals surface area contributed by atoms with Crippen LogP contribution in [0.4, 0.5) is 10.1 Å². The SMILES string of the molecule is CCC(C)N1C(=O)CC(Nc2c(F)cccc2Cl)C1=O. The number of amides is 2. The van der Waals surface area contributed by atoms with Crippen LogP contribution in [0.2, 0.25) is 5.02 Å². The molecule has 0 radical (unpaired) electrons. The van der Waals surface area contributed by atoms with Crippen molar-refractivity contribution in [3.63, 3.8) is 0 Å². The minimum Gasteiger partial charge on any atom is -0.370 e. The van der Waals surface area contributed by atoms with Gasteiger partial charge in [-0.3, -0.25) is 14.5 Å². The summed E-state index contributed by atoms with van der Waals surface area (Å²) in [6.45, 7) is 3.72. The molecule has 2 amide bonds. The number of likely N-dealkylation sites (tertiary alicyclic amines) is 1. The number of halogens is 2. The third-order valence-electron chi connectivity index (χ3n) is 3.50. The number of imide groups is 1. The lowest BCUT2D eigenvalue weighted by Crippen LogP contribution is -2.40. The predicted octanol–water partition coefficient (Wildman–Crippen LogP) is 2.82. The second-order valence-electron chi connectivity index (χ2n) is 4.86. The number of hydrogen-bond acceptors (Lipinski definition) is 3. The first-order valence-corrected chi connectivity index (χ1v) is 6.90. The Morgan fingerprint density at radius 2 is 2.20 bits per heavy atom.